The molecule has 7 N–H and O–H groups in total. The van der Waals surface area contributed by atoms with E-state index in [-0.39, 0.29) is 63.8 Å². The van der Waals surface area contributed by atoms with Gasteiger partial charge in [-0.05, 0) is 57.6 Å². The van der Waals surface area contributed by atoms with E-state index in [4.69, 9.17) is 29.8 Å². The van der Waals surface area contributed by atoms with Crippen molar-refractivity contribution in [2.45, 2.75) is 75.1 Å². The first-order valence-electron chi connectivity index (χ1n) is 13.7. The van der Waals surface area contributed by atoms with E-state index in [9.17, 15) is 22.8 Å². The first kappa shape index (κ1) is 37.3. The zero-order valence-electron chi connectivity index (χ0n) is 23.9. The van der Waals surface area contributed by atoms with Crippen LogP contribution in [-0.4, -0.2) is 86.9 Å². The van der Waals surface area contributed by atoms with Crippen LogP contribution < -0.4 is 21.2 Å². The molecule has 0 saturated carbocycles. The monoisotopic (exact) mass is 620 g/mol. The first-order chi connectivity index (χ1) is 20.1. The van der Waals surface area contributed by atoms with E-state index in [1.54, 1.807) is 28.6 Å². The Labute approximate surface area is 246 Å². The molecule has 16 heteroatoms. The normalized spacial score (nSPS) is 11.7. The van der Waals surface area contributed by atoms with Crippen molar-refractivity contribution in [3.8, 4) is 0 Å². The SMILES string of the molecule is Cc1ccc(S(=O)(=O)NC(COCCCCC(=O)NO)(COCCCCC(=O)NO)COCCCCC(=O)NO)cc1. The van der Waals surface area contributed by atoms with Crippen LogP contribution in [-0.2, 0) is 38.6 Å². The zero-order valence-corrected chi connectivity index (χ0v) is 24.7. The summed E-state index contributed by atoms with van der Waals surface area (Å²) in [5.74, 6) is -1.57. The molecule has 0 aliphatic heterocycles. The van der Waals surface area contributed by atoms with Crippen LogP contribution in [0.5, 0.6) is 0 Å². The second-order valence-electron chi connectivity index (χ2n) is 9.83. The number of aryl methyl sites for hydroxylation is 1. The van der Waals surface area contributed by atoms with Gasteiger partial charge in [0.15, 0.2) is 0 Å². The Morgan fingerprint density at radius 2 is 1.02 bits per heavy atom. The maximum absolute atomic E-state index is 13.4. The van der Waals surface area contributed by atoms with Crippen LogP contribution in [0.4, 0.5) is 0 Å². The molecule has 0 aliphatic carbocycles. The van der Waals surface area contributed by atoms with Crippen molar-refractivity contribution in [1.82, 2.24) is 21.2 Å². The van der Waals surface area contributed by atoms with Crippen LogP contribution >= 0.6 is 0 Å². The van der Waals surface area contributed by atoms with Gasteiger partial charge in [-0.2, -0.15) is 4.72 Å². The summed E-state index contributed by atoms with van der Waals surface area (Å²) in [5.41, 5.74) is 4.20. The topological polar surface area (TPSA) is 222 Å². The van der Waals surface area contributed by atoms with Crippen molar-refractivity contribution in [3.05, 3.63) is 29.8 Å². The Morgan fingerprint density at radius 1 is 0.667 bits per heavy atom. The third-order valence-electron chi connectivity index (χ3n) is 6.02. The minimum atomic E-state index is -4.05. The van der Waals surface area contributed by atoms with Crippen LogP contribution in [0.2, 0.25) is 0 Å². The van der Waals surface area contributed by atoms with Crippen molar-refractivity contribution >= 4 is 27.7 Å². The summed E-state index contributed by atoms with van der Waals surface area (Å²) in [4.78, 5) is 33.7. The summed E-state index contributed by atoms with van der Waals surface area (Å²) in [6.45, 7) is 2.01. The molecule has 0 bridgehead atoms. The molecule has 0 unspecified atom stereocenters. The highest BCUT2D eigenvalue weighted by atomic mass is 32.2. The number of hydrogen-bond donors (Lipinski definition) is 7. The van der Waals surface area contributed by atoms with E-state index in [0.717, 1.165) is 5.56 Å². The molecule has 0 spiro atoms. The molecule has 0 radical (unpaired) electrons. The highest BCUT2D eigenvalue weighted by Gasteiger charge is 2.37. The van der Waals surface area contributed by atoms with Crippen molar-refractivity contribution < 1.29 is 52.6 Å². The number of hydrogen-bond acceptors (Lipinski definition) is 11. The highest BCUT2D eigenvalue weighted by Crippen LogP contribution is 2.18. The van der Waals surface area contributed by atoms with E-state index >= 15 is 0 Å². The average Bonchev–Trinajstić information content (AvgIpc) is 2.97. The summed E-state index contributed by atoms with van der Waals surface area (Å²) in [5, 5.41) is 25.9. The Balaban J connectivity index is 2.99. The van der Waals surface area contributed by atoms with Gasteiger partial charge >= 0.3 is 0 Å². The number of unbranched alkanes of at least 4 members (excludes halogenated alkanes) is 3. The standard InChI is InChI=1S/C26H44N4O11S/c1-21-11-13-22(14-12-21)42(37,38)30-26(18-39-15-5-2-8-23(31)27-34,19-40-16-6-3-9-24(32)28-35)20-41-17-7-4-10-25(33)29-36/h11-14,30,34-36H,2-10,15-20H2,1H3,(H,27,31)(H,28,32)(H,29,33). The molecule has 1 aromatic carbocycles. The lowest BCUT2D eigenvalue weighted by Gasteiger charge is -2.34. The van der Waals surface area contributed by atoms with Gasteiger partial charge in [-0.3, -0.25) is 30.0 Å². The molecule has 0 saturated heterocycles. The zero-order chi connectivity index (χ0) is 31.3. The van der Waals surface area contributed by atoms with E-state index in [1.165, 1.54) is 12.1 Å². The number of carbonyl (C=O) groups is 3. The lowest BCUT2D eigenvalue weighted by atomic mass is 10.1. The maximum Gasteiger partial charge on any atom is 0.243 e. The van der Waals surface area contributed by atoms with Crippen molar-refractivity contribution in [3.63, 3.8) is 0 Å². The molecule has 3 amide bonds. The van der Waals surface area contributed by atoms with Crippen molar-refractivity contribution in [2.24, 2.45) is 0 Å². The predicted octanol–water partition coefficient (Wildman–Crippen LogP) is 1.09. The molecule has 0 aromatic heterocycles. The molecule has 0 aliphatic rings. The molecule has 1 rings (SSSR count). The average molecular weight is 621 g/mol. The second kappa shape index (κ2) is 21.1. The number of ether oxygens (including phenoxy) is 3. The van der Waals surface area contributed by atoms with E-state index in [1.807, 2.05) is 6.92 Å². The number of rotatable bonds is 24. The fourth-order valence-electron chi connectivity index (χ4n) is 3.71. The van der Waals surface area contributed by atoms with Crippen LogP contribution in [0.1, 0.15) is 63.4 Å². The molecule has 1 aromatic rings. The predicted molar refractivity (Wildman–Crippen MR) is 148 cm³/mol. The Kier molecular flexibility index (Phi) is 18.7. The third kappa shape index (κ3) is 16.1. The number of hydroxylamine groups is 3. The van der Waals surface area contributed by atoms with Crippen molar-refractivity contribution in [1.29, 1.82) is 0 Å². The van der Waals surface area contributed by atoms with Crippen LogP contribution in [0.15, 0.2) is 29.2 Å². The Hall–Kier alpha value is -2.70. The van der Waals surface area contributed by atoms with Gasteiger partial charge < -0.3 is 14.2 Å². The molecule has 15 nitrogen and oxygen atoms in total. The minimum absolute atomic E-state index is 0.0394. The molecule has 0 atom stereocenters. The van der Waals surface area contributed by atoms with E-state index < -0.39 is 33.3 Å². The van der Waals surface area contributed by atoms with Gasteiger partial charge in [0.25, 0.3) is 0 Å². The molecule has 42 heavy (non-hydrogen) atoms. The third-order valence-corrected chi connectivity index (χ3v) is 7.61. The van der Waals surface area contributed by atoms with Gasteiger partial charge in [0.2, 0.25) is 27.7 Å². The smallest absolute Gasteiger partial charge is 0.243 e. The van der Waals surface area contributed by atoms with E-state index in [2.05, 4.69) is 4.72 Å². The second-order valence-corrected chi connectivity index (χ2v) is 11.5. The minimum Gasteiger partial charge on any atom is -0.379 e. The molecule has 0 fully saturated rings. The highest BCUT2D eigenvalue weighted by molar-refractivity contribution is 7.89. The van der Waals surface area contributed by atoms with Crippen LogP contribution in [0.3, 0.4) is 0 Å². The molecule has 240 valence electrons. The van der Waals surface area contributed by atoms with Crippen molar-refractivity contribution in [2.75, 3.05) is 39.6 Å². The van der Waals surface area contributed by atoms with E-state index in [0.29, 0.717) is 38.5 Å². The first-order valence-corrected chi connectivity index (χ1v) is 15.2. The summed E-state index contributed by atoms with van der Waals surface area (Å²) < 4.78 is 47.0. The number of benzene rings is 1. The summed E-state index contributed by atoms with van der Waals surface area (Å²) in [7, 11) is -4.05. The number of carbonyl (C=O) groups excluding carboxylic acids is 3. The summed E-state index contributed by atoms with van der Waals surface area (Å²) in [6, 6.07) is 6.31. The van der Waals surface area contributed by atoms with Gasteiger partial charge in [-0.1, -0.05) is 17.7 Å². The lowest BCUT2D eigenvalue weighted by molar-refractivity contribution is -0.130. The fraction of sp³-hybridized carbons (Fsp3) is 0.654. The number of nitrogens with one attached hydrogen (secondary N) is 4. The molecule has 0 heterocycles. The molecular weight excluding hydrogens is 576 g/mol. The van der Waals surface area contributed by atoms with Crippen LogP contribution in [0, 0.1) is 6.92 Å². The van der Waals surface area contributed by atoms with Crippen LogP contribution in [0.25, 0.3) is 0 Å². The number of sulfonamides is 1. The number of amides is 3. The van der Waals surface area contributed by atoms with Gasteiger partial charge in [0.05, 0.1) is 24.7 Å². The van der Waals surface area contributed by atoms with Gasteiger partial charge in [-0.15, -0.1) is 0 Å². The quantitative estimate of drug-likeness (QED) is 0.0492. The molecular formula is C26H44N4O11S. The maximum atomic E-state index is 13.4. The lowest BCUT2D eigenvalue weighted by Crippen LogP contribution is -2.58. The Bertz CT molecular complexity index is 970. The summed E-state index contributed by atoms with van der Waals surface area (Å²) >= 11 is 0. The van der Waals surface area contributed by atoms with Gasteiger partial charge in [0, 0.05) is 39.1 Å². The Morgan fingerprint density at radius 3 is 1.36 bits per heavy atom. The van der Waals surface area contributed by atoms with Gasteiger partial charge in [0.1, 0.15) is 5.54 Å². The largest absolute Gasteiger partial charge is 0.379 e. The van der Waals surface area contributed by atoms with Gasteiger partial charge in [-0.25, -0.2) is 24.9 Å². The fourth-order valence-corrected chi connectivity index (χ4v) is 5.07. The summed E-state index contributed by atoms with van der Waals surface area (Å²) in [6.07, 6.45) is 3.00.